The fourth-order valence-electron chi connectivity index (χ4n) is 0.855. The first kappa shape index (κ1) is 11.2. The van der Waals surface area contributed by atoms with E-state index in [0.29, 0.717) is 5.56 Å². The Kier molecular flexibility index (Phi) is 4.23. The fourth-order valence-corrected chi connectivity index (χ4v) is 0.855. The molecule has 0 heterocycles. The molecule has 4 heteroatoms. The molecule has 0 spiro atoms. The molecule has 70 valence electrons. The Bertz CT molecular complexity index is 306. The van der Waals surface area contributed by atoms with Crippen molar-refractivity contribution in [3.63, 3.8) is 0 Å². The first-order valence-electron chi connectivity index (χ1n) is 3.43. The van der Waals surface area contributed by atoms with Crippen LogP contribution in [0.3, 0.4) is 0 Å². The second-order valence-corrected chi connectivity index (χ2v) is 2.25. The summed E-state index contributed by atoms with van der Waals surface area (Å²) in [5.41, 5.74) is 0.546. The van der Waals surface area contributed by atoms with E-state index in [9.17, 15) is 4.79 Å². The van der Waals surface area contributed by atoms with Crippen LogP contribution in [0.4, 0.5) is 0 Å². The molecule has 0 unspecified atom stereocenters. The number of hydrogen-bond acceptors (Lipinski definition) is 3. The number of hydrogen-bond donors (Lipinski definition) is 2. The van der Waals surface area contributed by atoms with Crippen LogP contribution >= 0.6 is 0 Å². The zero-order chi connectivity index (χ0) is 10.4. The van der Waals surface area contributed by atoms with Gasteiger partial charge in [-0.1, -0.05) is 6.07 Å². The molecule has 0 saturated heterocycles. The third-order valence-electron chi connectivity index (χ3n) is 1.54. The molecule has 2 N–H and O–H groups in total. The van der Waals surface area contributed by atoms with E-state index in [1.54, 1.807) is 6.92 Å². The summed E-state index contributed by atoms with van der Waals surface area (Å²) >= 11 is 0. The Morgan fingerprint density at radius 1 is 1.38 bits per heavy atom. The molecule has 0 aliphatic rings. The first-order chi connectivity index (χ1) is 6.13. The summed E-state index contributed by atoms with van der Waals surface area (Å²) < 4.78 is 0. The van der Waals surface area contributed by atoms with E-state index in [1.165, 1.54) is 18.2 Å². The largest absolute Gasteiger partial charge is 0.508 e. The van der Waals surface area contributed by atoms with Crippen molar-refractivity contribution >= 4 is 12.8 Å². The lowest BCUT2D eigenvalue weighted by Gasteiger charge is -2.00. The highest BCUT2D eigenvalue weighted by molar-refractivity contribution is 5.90. The summed E-state index contributed by atoms with van der Waals surface area (Å²) in [6.07, 6.45) is 0. The minimum Gasteiger partial charge on any atom is -0.508 e. The van der Waals surface area contributed by atoms with Gasteiger partial charge in [0.25, 0.3) is 0 Å². The standard InChI is InChI=1S/C8H8O3.CH2O/c1-5-6(8(10)11)3-2-4-7(5)9;1-2/h2-4,9H,1H3,(H,10,11);1H2. The third-order valence-corrected chi connectivity index (χ3v) is 1.54. The molecule has 0 aliphatic carbocycles. The van der Waals surface area contributed by atoms with Crippen LogP contribution in [0.2, 0.25) is 0 Å². The van der Waals surface area contributed by atoms with Gasteiger partial charge in [0.2, 0.25) is 0 Å². The normalized spacial score (nSPS) is 8.38. The highest BCUT2D eigenvalue weighted by atomic mass is 16.4. The summed E-state index contributed by atoms with van der Waals surface area (Å²) in [5, 5.41) is 17.7. The molecular weight excluding hydrogens is 172 g/mol. The molecule has 1 rings (SSSR count). The minimum absolute atomic E-state index is 0.0184. The number of aromatic carboxylic acids is 1. The van der Waals surface area contributed by atoms with E-state index in [2.05, 4.69) is 0 Å². The minimum atomic E-state index is -1.02. The van der Waals surface area contributed by atoms with Crippen LogP contribution in [0.1, 0.15) is 15.9 Å². The van der Waals surface area contributed by atoms with Crippen LogP contribution in [0.25, 0.3) is 0 Å². The number of carbonyl (C=O) groups excluding carboxylic acids is 1. The van der Waals surface area contributed by atoms with Gasteiger partial charge in [-0.25, -0.2) is 4.79 Å². The van der Waals surface area contributed by atoms with Crippen molar-refractivity contribution in [2.24, 2.45) is 0 Å². The summed E-state index contributed by atoms with van der Waals surface area (Å²) in [4.78, 5) is 18.5. The summed E-state index contributed by atoms with van der Waals surface area (Å²) in [7, 11) is 0. The molecule has 0 aromatic heterocycles. The molecule has 0 atom stereocenters. The Morgan fingerprint density at radius 3 is 2.31 bits per heavy atom. The topological polar surface area (TPSA) is 74.6 Å². The van der Waals surface area contributed by atoms with Crippen molar-refractivity contribution in [1.29, 1.82) is 0 Å². The second-order valence-electron chi connectivity index (χ2n) is 2.25. The smallest absolute Gasteiger partial charge is 0.336 e. The Labute approximate surface area is 75.4 Å². The molecule has 0 saturated carbocycles. The number of phenolic OH excluding ortho intramolecular Hbond substituents is 1. The van der Waals surface area contributed by atoms with E-state index in [4.69, 9.17) is 15.0 Å². The van der Waals surface area contributed by atoms with Gasteiger partial charge >= 0.3 is 5.97 Å². The zero-order valence-electron chi connectivity index (χ0n) is 7.15. The Hall–Kier alpha value is -1.84. The van der Waals surface area contributed by atoms with Crippen molar-refractivity contribution in [2.45, 2.75) is 6.92 Å². The van der Waals surface area contributed by atoms with Crippen LogP contribution in [0.5, 0.6) is 5.75 Å². The van der Waals surface area contributed by atoms with Gasteiger partial charge in [0.05, 0.1) is 5.56 Å². The van der Waals surface area contributed by atoms with Gasteiger partial charge in [-0.3, -0.25) is 0 Å². The van der Waals surface area contributed by atoms with Crippen LogP contribution in [0.15, 0.2) is 18.2 Å². The Balaban J connectivity index is 0.000000671. The number of carboxylic acid groups (broad SMARTS) is 1. The van der Waals surface area contributed by atoms with Gasteiger partial charge < -0.3 is 15.0 Å². The highest BCUT2D eigenvalue weighted by Crippen LogP contribution is 2.18. The maximum atomic E-state index is 10.5. The predicted molar refractivity (Wildman–Crippen MR) is 46.9 cm³/mol. The number of aromatic hydroxyl groups is 1. The van der Waals surface area contributed by atoms with Crippen molar-refractivity contribution in [3.8, 4) is 5.75 Å². The van der Waals surface area contributed by atoms with Crippen molar-refractivity contribution < 1.29 is 19.8 Å². The number of carbonyl (C=O) groups is 2. The first-order valence-corrected chi connectivity index (χ1v) is 3.43. The van der Waals surface area contributed by atoms with Crippen molar-refractivity contribution in [3.05, 3.63) is 29.3 Å². The quantitative estimate of drug-likeness (QED) is 0.684. The van der Waals surface area contributed by atoms with E-state index in [-0.39, 0.29) is 11.3 Å². The van der Waals surface area contributed by atoms with E-state index in [0.717, 1.165) is 0 Å². The third kappa shape index (κ3) is 2.59. The van der Waals surface area contributed by atoms with E-state index < -0.39 is 5.97 Å². The average Bonchev–Trinajstić information content (AvgIpc) is 2.13. The van der Waals surface area contributed by atoms with Gasteiger partial charge in [0.1, 0.15) is 12.5 Å². The zero-order valence-corrected chi connectivity index (χ0v) is 7.15. The van der Waals surface area contributed by atoms with Gasteiger partial charge in [-0.15, -0.1) is 0 Å². The summed E-state index contributed by atoms with van der Waals surface area (Å²) in [6, 6.07) is 4.42. The van der Waals surface area contributed by atoms with Gasteiger partial charge in [0.15, 0.2) is 0 Å². The molecule has 4 nitrogen and oxygen atoms in total. The van der Waals surface area contributed by atoms with Crippen LogP contribution in [-0.2, 0) is 4.79 Å². The molecule has 0 fully saturated rings. The molecule has 0 aliphatic heterocycles. The van der Waals surface area contributed by atoms with Gasteiger partial charge in [0, 0.05) is 5.56 Å². The highest BCUT2D eigenvalue weighted by Gasteiger charge is 2.08. The SMILES string of the molecule is C=O.Cc1c(O)cccc1C(=O)O. The summed E-state index contributed by atoms with van der Waals surface area (Å²) in [6.45, 7) is 3.57. The van der Waals surface area contributed by atoms with E-state index >= 15 is 0 Å². The number of benzene rings is 1. The predicted octanol–water partition coefficient (Wildman–Crippen LogP) is 1.21. The lowest BCUT2D eigenvalue weighted by molar-refractivity contribution is -0.0980. The molecule has 1 aromatic carbocycles. The maximum Gasteiger partial charge on any atom is 0.336 e. The molecule has 0 bridgehead atoms. The molecule has 13 heavy (non-hydrogen) atoms. The molecule has 0 amide bonds. The van der Waals surface area contributed by atoms with Crippen molar-refractivity contribution in [2.75, 3.05) is 0 Å². The van der Waals surface area contributed by atoms with Gasteiger partial charge in [-0.05, 0) is 19.1 Å². The molecular formula is C9H10O4. The molecule has 1 aromatic rings. The number of carboxylic acids is 1. The fraction of sp³-hybridized carbons (Fsp3) is 0.111. The number of rotatable bonds is 1. The monoisotopic (exact) mass is 182 g/mol. The molecule has 0 radical (unpaired) electrons. The summed E-state index contributed by atoms with van der Waals surface area (Å²) in [5.74, 6) is -0.997. The average molecular weight is 182 g/mol. The van der Waals surface area contributed by atoms with Crippen LogP contribution < -0.4 is 0 Å². The van der Waals surface area contributed by atoms with Gasteiger partial charge in [-0.2, -0.15) is 0 Å². The number of phenols is 1. The lowest BCUT2D eigenvalue weighted by Crippen LogP contribution is -1.98. The van der Waals surface area contributed by atoms with Crippen LogP contribution in [-0.4, -0.2) is 23.0 Å². The van der Waals surface area contributed by atoms with E-state index in [1.807, 2.05) is 6.79 Å². The Morgan fingerprint density at radius 2 is 1.92 bits per heavy atom. The lowest BCUT2D eigenvalue weighted by atomic mass is 10.1. The second kappa shape index (κ2) is 4.92. The van der Waals surface area contributed by atoms with Crippen LogP contribution in [0, 0.1) is 6.92 Å². The maximum absolute atomic E-state index is 10.5. The van der Waals surface area contributed by atoms with Crippen molar-refractivity contribution in [1.82, 2.24) is 0 Å².